The molecule has 3 unspecified atom stereocenters. The van der Waals surface area contributed by atoms with Gasteiger partial charge in [-0.05, 0) is 30.3 Å². The van der Waals surface area contributed by atoms with Gasteiger partial charge in [0.05, 0.1) is 0 Å². The molecule has 0 heterocycles. The second kappa shape index (κ2) is 6.89. The predicted molar refractivity (Wildman–Crippen MR) is 61.6 cm³/mol. The average molecular weight is 188 g/mol. The van der Waals surface area contributed by atoms with E-state index in [1.54, 1.807) is 0 Å². The zero-order chi connectivity index (χ0) is 9.56. The van der Waals surface area contributed by atoms with Gasteiger partial charge in [0, 0.05) is 0 Å². The average Bonchev–Trinajstić information content (AvgIpc) is 2.11. The van der Waals surface area contributed by atoms with Gasteiger partial charge in [0.25, 0.3) is 0 Å². The molecule has 0 amide bonds. The van der Waals surface area contributed by atoms with Crippen LogP contribution in [0, 0.1) is 17.8 Å². The summed E-state index contributed by atoms with van der Waals surface area (Å²) in [5.74, 6) is 2.75. The van der Waals surface area contributed by atoms with E-state index >= 15 is 0 Å². The maximum Gasteiger partial charge on any atom is -0.0360 e. The second-order valence-electron chi connectivity index (χ2n) is 4.01. The first-order valence-corrected chi connectivity index (χ1v) is 6.19. The van der Waals surface area contributed by atoms with Gasteiger partial charge in [0.2, 0.25) is 0 Å². The Morgan fingerprint density at radius 1 is 1.00 bits per heavy atom. The van der Waals surface area contributed by atoms with Crippen LogP contribution >= 0.6 is 9.24 Å². The van der Waals surface area contributed by atoms with Crippen molar-refractivity contribution in [1.82, 2.24) is 0 Å². The highest BCUT2D eigenvalue weighted by Crippen LogP contribution is 2.29. The summed E-state index contributed by atoms with van der Waals surface area (Å²) in [5.41, 5.74) is 0. The summed E-state index contributed by atoms with van der Waals surface area (Å²) < 4.78 is 0. The summed E-state index contributed by atoms with van der Waals surface area (Å²) in [6, 6.07) is 0. The van der Waals surface area contributed by atoms with E-state index in [1.807, 2.05) is 0 Å². The maximum atomic E-state index is 2.86. The van der Waals surface area contributed by atoms with Gasteiger partial charge in [-0.25, -0.2) is 0 Å². The van der Waals surface area contributed by atoms with Crippen LogP contribution in [0.5, 0.6) is 0 Å². The fourth-order valence-corrected chi connectivity index (χ4v) is 2.31. The Kier molecular flexibility index (Phi) is 7.14. The van der Waals surface area contributed by atoms with Crippen molar-refractivity contribution < 1.29 is 0 Å². The third-order valence-corrected chi connectivity index (χ3v) is 3.58. The van der Waals surface area contributed by atoms with Crippen LogP contribution in [-0.2, 0) is 0 Å². The molecular formula is C11H25P. The van der Waals surface area contributed by atoms with Gasteiger partial charge >= 0.3 is 0 Å². The zero-order valence-electron chi connectivity index (χ0n) is 9.14. The quantitative estimate of drug-likeness (QED) is 0.553. The molecule has 0 nitrogen and oxygen atoms in total. The number of hydrogen-bond acceptors (Lipinski definition) is 0. The molecule has 0 fully saturated rings. The lowest BCUT2D eigenvalue weighted by atomic mass is 9.79. The van der Waals surface area contributed by atoms with Gasteiger partial charge in [-0.15, -0.1) is 9.24 Å². The number of hydrogen-bond donors (Lipinski definition) is 0. The van der Waals surface area contributed by atoms with Crippen molar-refractivity contribution in [3.63, 3.8) is 0 Å². The van der Waals surface area contributed by atoms with Crippen molar-refractivity contribution in [2.45, 2.75) is 47.0 Å². The molecule has 0 aromatic heterocycles. The first-order valence-electron chi connectivity index (χ1n) is 5.37. The monoisotopic (exact) mass is 188 g/mol. The fraction of sp³-hybridized carbons (Fsp3) is 1.00. The molecular weight excluding hydrogens is 163 g/mol. The highest BCUT2D eigenvalue weighted by molar-refractivity contribution is 7.16. The van der Waals surface area contributed by atoms with E-state index in [2.05, 4.69) is 36.9 Å². The van der Waals surface area contributed by atoms with Crippen LogP contribution in [-0.4, -0.2) is 6.16 Å². The summed E-state index contributed by atoms with van der Waals surface area (Å²) in [6.45, 7) is 9.42. The van der Waals surface area contributed by atoms with Crippen molar-refractivity contribution >= 4 is 9.24 Å². The van der Waals surface area contributed by atoms with Crippen LogP contribution < -0.4 is 0 Å². The highest BCUT2D eigenvalue weighted by atomic mass is 31.0. The van der Waals surface area contributed by atoms with Crippen molar-refractivity contribution in [3.8, 4) is 0 Å². The van der Waals surface area contributed by atoms with Gasteiger partial charge < -0.3 is 0 Å². The lowest BCUT2D eigenvalue weighted by Crippen LogP contribution is -2.19. The van der Waals surface area contributed by atoms with E-state index in [1.165, 1.54) is 25.4 Å². The summed E-state index contributed by atoms with van der Waals surface area (Å²) in [6.07, 6.45) is 5.31. The Hall–Kier alpha value is 0.430. The summed E-state index contributed by atoms with van der Waals surface area (Å²) in [5, 5.41) is 0. The highest BCUT2D eigenvalue weighted by Gasteiger charge is 2.19. The van der Waals surface area contributed by atoms with Gasteiger partial charge in [0.15, 0.2) is 0 Å². The summed E-state index contributed by atoms with van der Waals surface area (Å²) >= 11 is 0. The Bertz CT molecular complexity index is 91.2. The normalized spacial score (nSPS) is 18.8. The third kappa shape index (κ3) is 3.90. The van der Waals surface area contributed by atoms with Gasteiger partial charge in [-0.1, -0.05) is 40.5 Å². The Morgan fingerprint density at radius 3 is 1.67 bits per heavy atom. The summed E-state index contributed by atoms with van der Waals surface area (Å²) in [7, 11) is 2.86. The molecule has 0 spiro atoms. The molecule has 0 saturated heterocycles. The van der Waals surface area contributed by atoms with Crippen molar-refractivity contribution in [1.29, 1.82) is 0 Å². The van der Waals surface area contributed by atoms with E-state index < -0.39 is 0 Å². The Balaban J connectivity index is 4.01. The van der Waals surface area contributed by atoms with Crippen LogP contribution in [0.1, 0.15) is 47.0 Å². The molecule has 0 bridgehead atoms. The lowest BCUT2D eigenvalue weighted by Gasteiger charge is -2.28. The molecule has 3 atom stereocenters. The first kappa shape index (κ1) is 12.4. The van der Waals surface area contributed by atoms with E-state index in [0.717, 1.165) is 17.8 Å². The third-order valence-electron chi connectivity index (χ3n) is 3.25. The van der Waals surface area contributed by atoms with Gasteiger partial charge in [0.1, 0.15) is 0 Å². The van der Waals surface area contributed by atoms with Crippen LogP contribution in [0.4, 0.5) is 0 Å². The standard InChI is InChI=1S/C11H25P/c1-5-9(3)11(7-8-12)10(4)6-2/h9-11H,5-8,12H2,1-4H3. The molecule has 0 aliphatic carbocycles. The first-order chi connectivity index (χ1) is 5.67. The van der Waals surface area contributed by atoms with Crippen LogP contribution in [0.2, 0.25) is 0 Å². The van der Waals surface area contributed by atoms with Gasteiger partial charge in [-0.2, -0.15) is 0 Å². The van der Waals surface area contributed by atoms with E-state index in [0.29, 0.717) is 0 Å². The van der Waals surface area contributed by atoms with E-state index in [-0.39, 0.29) is 0 Å². The van der Waals surface area contributed by atoms with Crippen LogP contribution in [0.3, 0.4) is 0 Å². The van der Waals surface area contributed by atoms with Crippen molar-refractivity contribution in [2.24, 2.45) is 17.8 Å². The second-order valence-corrected chi connectivity index (χ2v) is 4.59. The molecule has 0 aromatic carbocycles. The van der Waals surface area contributed by atoms with Crippen LogP contribution in [0.15, 0.2) is 0 Å². The minimum Gasteiger partial charge on any atom is -0.138 e. The van der Waals surface area contributed by atoms with Gasteiger partial charge in [-0.3, -0.25) is 0 Å². The largest absolute Gasteiger partial charge is 0.138 e. The van der Waals surface area contributed by atoms with Crippen molar-refractivity contribution in [3.05, 3.63) is 0 Å². The predicted octanol–water partition coefficient (Wildman–Crippen LogP) is 3.96. The lowest BCUT2D eigenvalue weighted by molar-refractivity contribution is 0.237. The SMILES string of the molecule is CCC(C)C(CCP)C(C)CC. The van der Waals surface area contributed by atoms with E-state index in [4.69, 9.17) is 0 Å². The molecule has 1 heteroatoms. The summed E-state index contributed by atoms with van der Waals surface area (Å²) in [4.78, 5) is 0. The Labute approximate surface area is 80.7 Å². The van der Waals surface area contributed by atoms with Crippen molar-refractivity contribution in [2.75, 3.05) is 6.16 Å². The molecule has 0 saturated carbocycles. The van der Waals surface area contributed by atoms with Crippen LogP contribution in [0.25, 0.3) is 0 Å². The Morgan fingerprint density at radius 2 is 1.42 bits per heavy atom. The maximum absolute atomic E-state index is 2.86. The molecule has 0 radical (unpaired) electrons. The smallest absolute Gasteiger partial charge is 0.0360 e. The molecule has 0 aliphatic heterocycles. The molecule has 0 rings (SSSR count). The molecule has 0 N–H and O–H groups in total. The topological polar surface area (TPSA) is 0 Å². The molecule has 74 valence electrons. The van der Waals surface area contributed by atoms with E-state index in [9.17, 15) is 0 Å². The number of rotatable bonds is 6. The fourth-order valence-electron chi connectivity index (χ4n) is 1.93. The molecule has 0 aromatic rings. The minimum atomic E-state index is 0.903. The minimum absolute atomic E-state index is 0.903. The molecule has 12 heavy (non-hydrogen) atoms. The molecule has 0 aliphatic rings. The zero-order valence-corrected chi connectivity index (χ0v) is 10.3.